The van der Waals surface area contributed by atoms with Gasteiger partial charge in [0.15, 0.2) is 5.78 Å². The van der Waals surface area contributed by atoms with Crippen LogP contribution in [0.5, 0.6) is 5.75 Å². The van der Waals surface area contributed by atoms with Gasteiger partial charge in [0.1, 0.15) is 5.75 Å². The van der Waals surface area contributed by atoms with E-state index in [-0.39, 0.29) is 11.9 Å². The average Bonchev–Trinajstić information content (AvgIpc) is 2.41. The van der Waals surface area contributed by atoms with Crippen molar-refractivity contribution in [2.24, 2.45) is 5.92 Å². The van der Waals surface area contributed by atoms with E-state index in [1.54, 1.807) is 6.92 Å². The second kappa shape index (κ2) is 6.56. The smallest absolute Gasteiger partial charge is 0.163 e. The van der Waals surface area contributed by atoms with Crippen molar-refractivity contribution in [2.75, 3.05) is 0 Å². The van der Waals surface area contributed by atoms with Crippen LogP contribution >= 0.6 is 15.9 Å². The predicted molar refractivity (Wildman–Crippen MR) is 80.8 cm³/mol. The van der Waals surface area contributed by atoms with Gasteiger partial charge in [-0.25, -0.2) is 0 Å². The molecular formula is C16H21BrO2. The van der Waals surface area contributed by atoms with Crippen molar-refractivity contribution in [1.29, 1.82) is 0 Å². The molecule has 1 aromatic rings. The highest BCUT2D eigenvalue weighted by molar-refractivity contribution is 9.10. The lowest BCUT2D eigenvalue weighted by Crippen LogP contribution is -2.24. The van der Waals surface area contributed by atoms with Crippen molar-refractivity contribution in [3.63, 3.8) is 0 Å². The Morgan fingerprint density at radius 2 is 2.00 bits per heavy atom. The maximum atomic E-state index is 11.7. The number of halogens is 1. The van der Waals surface area contributed by atoms with Crippen LogP contribution in [0.2, 0.25) is 0 Å². The molecule has 3 heteroatoms. The number of benzene rings is 1. The third-order valence-corrected chi connectivity index (χ3v) is 4.48. The van der Waals surface area contributed by atoms with Crippen LogP contribution < -0.4 is 4.74 Å². The third kappa shape index (κ3) is 3.82. The SMILES string of the molecule is CCC1CCC(Oc2ccc(Br)cc2C(C)=O)CC1. The van der Waals surface area contributed by atoms with Crippen molar-refractivity contribution >= 4 is 21.7 Å². The number of hydrogen-bond acceptors (Lipinski definition) is 2. The number of Topliss-reactive ketones (excluding diaryl/α,β-unsaturated/α-hetero) is 1. The van der Waals surface area contributed by atoms with Crippen LogP contribution in [0.15, 0.2) is 22.7 Å². The van der Waals surface area contributed by atoms with E-state index in [9.17, 15) is 4.79 Å². The van der Waals surface area contributed by atoms with Gasteiger partial charge in [-0.15, -0.1) is 0 Å². The molecule has 0 N–H and O–H groups in total. The molecule has 1 aliphatic carbocycles. The van der Waals surface area contributed by atoms with Crippen molar-refractivity contribution in [3.8, 4) is 5.75 Å². The topological polar surface area (TPSA) is 26.3 Å². The predicted octanol–water partition coefficient (Wildman–Crippen LogP) is 5.00. The van der Waals surface area contributed by atoms with E-state index in [2.05, 4.69) is 22.9 Å². The van der Waals surface area contributed by atoms with Gasteiger partial charge in [0.2, 0.25) is 0 Å². The minimum atomic E-state index is 0.0542. The Bertz CT molecular complexity index is 448. The highest BCUT2D eigenvalue weighted by Crippen LogP contribution is 2.31. The Morgan fingerprint density at radius 3 is 2.58 bits per heavy atom. The van der Waals surface area contributed by atoms with Gasteiger partial charge in [-0.3, -0.25) is 4.79 Å². The molecule has 0 unspecified atom stereocenters. The molecule has 104 valence electrons. The summed E-state index contributed by atoms with van der Waals surface area (Å²) in [6, 6.07) is 5.67. The zero-order chi connectivity index (χ0) is 13.8. The fourth-order valence-electron chi connectivity index (χ4n) is 2.72. The molecule has 0 aromatic heterocycles. The third-order valence-electron chi connectivity index (χ3n) is 3.99. The Hall–Kier alpha value is -0.830. The van der Waals surface area contributed by atoms with E-state index in [1.807, 2.05) is 18.2 Å². The fraction of sp³-hybridized carbons (Fsp3) is 0.562. The summed E-state index contributed by atoms with van der Waals surface area (Å²) in [6.45, 7) is 3.84. The molecule has 0 bridgehead atoms. The molecular weight excluding hydrogens is 304 g/mol. The van der Waals surface area contributed by atoms with E-state index in [4.69, 9.17) is 4.74 Å². The van der Waals surface area contributed by atoms with Crippen molar-refractivity contribution in [1.82, 2.24) is 0 Å². The molecule has 0 spiro atoms. The molecule has 0 amide bonds. The first-order valence-corrected chi connectivity index (χ1v) is 7.86. The molecule has 1 aliphatic rings. The fourth-order valence-corrected chi connectivity index (χ4v) is 3.08. The first-order chi connectivity index (χ1) is 9.10. The van der Waals surface area contributed by atoms with Gasteiger partial charge in [0.25, 0.3) is 0 Å². The minimum absolute atomic E-state index is 0.0542. The number of hydrogen-bond donors (Lipinski definition) is 0. The second-order valence-corrected chi connectivity index (χ2v) is 6.28. The Kier molecular flexibility index (Phi) is 5.03. The second-order valence-electron chi connectivity index (χ2n) is 5.37. The van der Waals surface area contributed by atoms with Crippen LogP contribution in [0.25, 0.3) is 0 Å². The van der Waals surface area contributed by atoms with E-state index in [0.29, 0.717) is 5.56 Å². The molecule has 1 aromatic carbocycles. The van der Waals surface area contributed by atoms with E-state index in [1.165, 1.54) is 19.3 Å². The van der Waals surface area contributed by atoms with Gasteiger partial charge in [-0.05, 0) is 56.7 Å². The average molecular weight is 325 g/mol. The maximum absolute atomic E-state index is 11.7. The molecule has 2 rings (SSSR count). The highest BCUT2D eigenvalue weighted by Gasteiger charge is 2.22. The zero-order valence-corrected chi connectivity index (χ0v) is 13.2. The Labute approximate surface area is 123 Å². The molecule has 0 radical (unpaired) electrons. The van der Waals surface area contributed by atoms with E-state index < -0.39 is 0 Å². The molecule has 1 fully saturated rings. The number of ether oxygens (including phenoxy) is 1. The lowest BCUT2D eigenvalue weighted by atomic mass is 9.86. The highest BCUT2D eigenvalue weighted by atomic mass is 79.9. The molecule has 0 aliphatic heterocycles. The standard InChI is InChI=1S/C16H21BrO2/c1-3-12-4-7-14(8-5-12)19-16-9-6-13(17)10-15(16)11(2)18/h6,9-10,12,14H,3-5,7-8H2,1-2H3. The first kappa shape index (κ1) is 14.6. The summed E-state index contributed by atoms with van der Waals surface area (Å²) in [4.78, 5) is 11.7. The minimum Gasteiger partial charge on any atom is -0.490 e. The molecule has 2 nitrogen and oxygen atoms in total. The summed E-state index contributed by atoms with van der Waals surface area (Å²) in [7, 11) is 0. The summed E-state index contributed by atoms with van der Waals surface area (Å²) in [5.41, 5.74) is 0.673. The molecule has 0 saturated heterocycles. The molecule has 0 atom stereocenters. The molecule has 19 heavy (non-hydrogen) atoms. The van der Waals surface area contributed by atoms with Crippen LogP contribution in [0.3, 0.4) is 0 Å². The number of carbonyl (C=O) groups excluding carboxylic acids is 1. The van der Waals surface area contributed by atoms with Gasteiger partial charge in [0.05, 0.1) is 11.7 Å². The van der Waals surface area contributed by atoms with Crippen LogP contribution in [0.4, 0.5) is 0 Å². The van der Waals surface area contributed by atoms with Gasteiger partial charge in [0, 0.05) is 4.47 Å². The Balaban J connectivity index is 2.05. The number of ketones is 1. The van der Waals surface area contributed by atoms with Gasteiger partial charge < -0.3 is 4.74 Å². The first-order valence-electron chi connectivity index (χ1n) is 7.07. The number of rotatable bonds is 4. The quantitative estimate of drug-likeness (QED) is 0.728. The normalized spacial score (nSPS) is 23.1. The van der Waals surface area contributed by atoms with Crippen molar-refractivity contribution < 1.29 is 9.53 Å². The summed E-state index contributed by atoms with van der Waals surface area (Å²) in [5.74, 6) is 1.64. The number of carbonyl (C=O) groups is 1. The summed E-state index contributed by atoms with van der Waals surface area (Å²) >= 11 is 3.40. The van der Waals surface area contributed by atoms with Crippen LogP contribution in [-0.2, 0) is 0 Å². The zero-order valence-electron chi connectivity index (χ0n) is 11.6. The van der Waals surface area contributed by atoms with Gasteiger partial charge in [-0.1, -0.05) is 29.3 Å². The van der Waals surface area contributed by atoms with Gasteiger partial charge in [-0.2, -0.15) is 0 Å². The monoisotopic (exact) mass is 324 g/mol. The summed E-state index contributed by atoms with van der Waals surface area (Å²) < 4.78 is 6.97. The van der Waals surface area contributed by atoms with Gasteiger partial charge >= 0.3 is 0 Å². The Morgan fingerprint density at radius 1 is 1.32 bits per heavy atom. The van der Waals surface area contributed by atoms with Crippen molar-refractivity contribution in [2.45, 2.75) is 52.1 Å². The maximum Gasteiger partial charge on any atom is 0.163 e. The van der Waals surface area contributed by atoms with Crippen LogP contribution in [-0.4, -0.2) is 11.9 Å². The lowest BCUT2D eigenvalue weighted by molar-refractivity contribution is 0.0994. The largest absolute Gasteiger partial charge is 0.490 e. The van der Waals surface area contributed by atoms with E-state index in [0.717, 1.165) is 29.0 Å². The van der Waals surface area contributed by atoms with E-state index >= 15 is 0 Å². The van der Waals surface area contributed by atoms with Crippen LogP contribution in [0, 0.1) is 5.92 Å². The van der Waals surface area contributed by atoms with Crippen molar-refractivity contribution in [3.05, 3.63) is 28.2 Å². The molecule has 1 saturated carbocycles. The summed E-state index contributed by atoms with van der Waals surface area (Å²) in [6.07, 6.45) is 6.23. The van der Waals surface area contributed by atoms with Crippen LogP contribution in [0.1, 0.15) is 56.3 Å². The lowest BCUT2D eigenvalue weighted by Gasteiger charge is -2.28. The molecule has 0 heterocycles. The summed E-state index contributed by atoms with van der Waals surface area (Å²) in [5, 5.41) is 0.